The predicted molar refractivity (Wildman–Crippen MR) is 86.7 cm³/mol. The third-order valence-electron chi connectivity index (χ3n) is 3.87. The number of halogens is 1. The Morgan fingerprint density at radius 2 is 2.00 bits per heavy atom. The van der Waals surface area contributed by atoms with Gasteiger partial charge in [0.25, 0.3) is 0 Å². The van der Waals surface area contributed by atoms with Crippen LogP contribution >= 0.6 is 15.9 Å². The van der Waals surface area contributed by atoms with Crippen molar-refractivity contribution < 1.29 is 12.8 Å². The first-order valence-electron chi connectivity index (χ1n) is 6.56. The van der Waals surface area contributed by atoms with E-state index in [1.807, 2.05) is 13.0 Å². The first-order valence-corrected chi connectivity index (χ1v) is 9.37. The molecule has 0 spiro atoms. The van der Waals surface area contributed by atoms with Gasteiger partial charge in [-0.25, -0.2) is 13.2 Å². The van der Waals surface area contributed by atoms with Crippen molar-refractivity contribution in [1.82, 2.24) is 4.57 Å². The number of hydrogen-bond acceptors (Lipinski definition) is 4. The Morgan fingerprint density at radius 1 is 1.38 bits per heavy atom. The minimum atomic E-state index is -3.26. The van der Waals surface area contributed by atoms with Crippen LogP contribution in [0.1, 0.15) is 31.2 Å². The lowest BCUT2D eigenvalue weighted by atomic mass is 10.0. The largest absolute Gasteiger partial charge is 0.419 e. The van der Waals surface area contributed by atoms with Gasteiger partial charge in [0.15, 0.2) is 15.4 Å². The van der Waals surface area contributed by atoms with E-state index in [1.54, 1.807) is 26.0 Å². The van der Waals surface area contributed by atoms with Gasteiger partial charge < -0.3 is 4.42 Å². The molecule has 1 heterocycles. The van der Waals surface area contributed by atoms with E-state index in [9.17, 15) is 13.2 Å². The molecule has 0 saturated heterocycles. The van der Waals surface area contributed by atoms with Crippen LogP contribution in [0.4, 0.5) is 0 Å². The molecule has 116 valence electrons. The molecule has 0 amide bonds. The molecule has 0 aliphatic carbocycles. The standard InChI is InChI=1S/C14H18BrNO4S/c1-5-16-10-7-6-9(8-11(10)20-13(16)17)12(15)14(2,3)21(4,18)19/h6-8,12H,5H2,1-4H3. The molecular formula is C14H18BrNO4S. The zero-order valence-electron chi connectivity index (χ0n) is 12.4. The van der Waals surface area contributed by atoms with Gasteiger partial charge in [-0.05, 0) is 38.5 Å². The van der Waals surface area contributed by atoms with Gasteiger partial charge in [-0.15, -0.1) is 0 Å². The normalized spacial score (nSPS) is 14.5. The Morgan fingerprint density at radius 3 is 2.52 bits per heavy atom. The van der Waals surface area contributed by atoms with Crippen LogP contribution in [0.25, 0.3) is 11.1 Å². The number of fused-ring (bicyclic) bond motifs is 1. The molecule has 0 saturated carbocycles. The van der Waals surface area contributed by atoms with E-state index in [2.05, 4.69) is 15.9 Å². The maximum atomic E-state index is 11.9. The first-order chi connectivity index (χ1) is 9.59. The van der Waals surface area contributed by atoms with Crippen molar-refractivity contribution in [2.75, 3.05) is 6.26 Å². The van der Waals surface area contributed by atoms with E-state index >= 15 is 0 Å². The highest BCUT2D eigenvalue weighted by Gasteiger charge is 2.38. The van der Waals surface area contributed by atoms with Gasteiger partial charge in [0.2, 0.25) is 0 Å². The van der Waals surface area contributed by atoms with E-state index in [-0.39, 0.29) is 0 Å². The summed E-state index contributed by atoms with van der Waals surface area (Å²) < 4.78 is 29.6. The second-order valence-electron chi connectivity index (χ2n) is 5.58. The van der Waals surface area contributed by atoms with E-state index in [4.69, 9.17) is 4.42 Å². The molecule has 0 aliphatic rings. The number of rotatable bonds is 4. The van der Waals surface area contributed by atoms with Gasteiger partial charge in [-0.2, -0.15) is 0 Å². The third kappa shape index (κ3) is 2.68. The van der Waals surface area contributed by atoms with Crippen molar-refractivity contribution in [3.8, 4) is 0 Å². The van der Waals surface area contributed by atoms with Crippen molar-refractivity contribution in [1.29, 1.82) is 0 Å². The summed E-state index contributed by atoms with van der Waals surface area (Å²) in [5.41, 5.74) is 1.94. The summed E-state index contributed by atoms with van der Waals surface area (Å²) in [6, 6.07) is 5.32. The molecule has 0 fully saturated rings. The van der Waals surface area contributed by atoms with Crippen molar-refractivity contribution in [3.63, 3.8) is 0 Å². The minimum Gasteiger partial charge on any atom is -0.408 e. The van der Waals surface area contributed by atoms with Gasteiger partial charge in [0.05, 0.1) is 15.1 Å². The number of alkyl halides is 1. The monoisotopic (exact) mass is 375 g/mol. The third-order valence-corrected chi connectivity index (χ3v) is 7.99. The number of aromatic nitrogens is 1. The van der Waals surface area contributed by atoms with Crippen molar-refractivity contribution >= 4 is 36.9 Å². The van der Waals surface area contributed by atoms with Gasteiger partial charge in [0, 0.05) is 12.8 Å². The molecular weight excluding hydrogens is 358 g/mol. The molecule has 0 radical (unpaired) electrons. The van der Waals surface area contributed by atoms with Crippen molar-refractivity contribution in [2.45, 2.75) is 36.9 Å². The topological polar surface area (TPSA) is 69.3 Å². The zero-order chi connectivity index (χ0) is 16.0. The number of aryl methyl sites for hydroxylation is 1. The highest BCUT2D eigenvalue weighted by molar-refractivity contribution is 9.09. The van der Waals surface area contributed by atoms with Crippen molar-refractivity contribution in [2.24, 2.45) is 0 Å². The number of benzene rings is 1. The fourth-order valence-corrected chi connectivity index (χ4v) is 3.94. The molecule has 1 aromatic carbocycles. The molecule has 0 bridgehead atoms. The number of hydrogen-bond donors (Lipinski definition) is 0. The summed E-state index contributed by atoms with van der Waals surface area (Å²) in [6.07, 6.45) is 1.22. The second kappa shape index (κ2) is 5.28. The van der Waals surface area contributed by atoms with E-state index < -0.39 is 25.2 Å². The molecule has 2 rings (SSSR count). The molecule has 0 aliphatic heterocycles. The average molecular weight is 376 g/mol. The lowest BCUT2D eigenvalue weighted by Gasteiger charge is -2.28. The Labute approximate surface area is 132 Å². The summed E-state index contributed by atoms with van der Waals surface area (Å²) in [4.78, 5) is 11.3. The van der Waals surface area contributed by atoms with E-state index in [0.717, 1.165) is 5.56 Å². The van der Waals surface area contributed by atoms with E-state index in [0.29, 0.717) is 17.6 Å². The minimum absolute atomic E-state index is 0.403. The summed E-state index contributed by atoms with van der Waals surface area (Å²) in [7, 11) is -3.26. The number of oxazole rings is 1. The molecule has 2 aromatic rings. The van der Waals surface area contributed by atoms with Gasteiger partial charge in [0.1, 0.15) is 0 Å². The zero-order valence-corrected chi connectivity index (χ0v) is 14.8. The lowest BCUT2D eigenvalue weighted by molar-refractivity contribution is 0.512. The van der Waals surface area contributed by atoms with Crippen LogP contribution in [0.5, 0.6) is 0 Å². The van der Waals surface area contributed by atoms with Crippen LogP contribution < -0.4 is 5.76 Å². The molecule has 1 atom stereocenters. The molecule has 0 N–H and O–H groups in total. The summed E-state index contributed by atoms with van der Waals surface area (Å²) in [5.74, 6) is -0.404. The highest BCUT2D eigenvalue weighted by Crippen LogP contribution is 2.39. The predicted octanol–water partition coefficient (Wildman–Crippen LogP) is 2.87. The van der Waals surface area contributed by atoms with Crippen LogP contribution in [0.2, 0.25) is 0 Å². The highest BCUT2D eigenvalue weighted by atomic mass is 79.9. The Balaban J connectivity index is 2.56. The molecule has 7 heteroatoms. The maximum absolute atomic E-state index is 11.9. The summed E-state index contributed by atoms with van der Waals surface area (Å²) >= 11 is 3.47. The first kappa shape index (κ1) is 16.3. The number of nitrogens with zero attached hydrogens (tertiary/aromatic N) is 1. The van der Waals surface area contributed by atoms with Crippen molar-refractivity contribution in [3.05, 3.63) is 34.3 Å². The lowest BCUT2D eigenvalue weighted by Crippen LogP contribution is -2.35. The van der Waals surface area contributed by atoms with Crippen LogP contribution in [0.3, 0.4) is 0 Å². The second-order valence-corrected chi connectivity index (χ2v) is 9.09. The average Bonchev–Trinajstić information content (AvgIpc) is 2.70. The molecule has 21 heavy (non-hydrogen) atoms. The molecule has 1 unspecified atom stereocenters. The van der Waals surface area contributed by atoms with Gasteiger partial charge >= 0.3 is 5.76 Å². The number of sulfone groups is 1. The smallest absolute Gasteiger partial charge is 0.408 e. The van der Waals surface area contributed by atoms with Crippen LogP contribution in [-0.2, 0) is 16.4 Å². The van der Waals surface area contributed by atoms with Crippen LogP contribution in [0, 0.1) is 0 Å². The van der Waals surface area contributed by atoms with Crippen LogP contribution in [-0.4, -0.2) is 24.0 Å². The van der Waals surface area contributed by atoms with Gasteiger partial charge in [-0.3, -0.25) is 4.57 Å². The quantitative estimate of drug-likeness (QED) is 0.770. The maximum Gasteiger partial charge on any atom is 0.419 e. The fourth-order valence-electron chi connectivity index (χ4n) is 2.13. The fraction of sp³-hybridized carbons (Fsp3) is 0.500. The Hall–Kier alpha value is -1.08. The van der Waals surface area contributed by atoms with E-state index in [1.165, 1.54) is 10.8 Å². The molecule has 5 nitrogen and oxygen atoms in total. The SMILES string of the molecule is CCn1c(=O)oc2cc(C(Br)C(C)(C)S(C)(=O)=O)ccc21. The Kier molecular flexibility index (Phi) is 4.10. The molecule has 1 aromatic heterocycles. The Bertz CT molecular complexity index is 832. The summed E-state index contributed by atoms with van der Waals surface area (Å²) in [5, 5.41) is 0. The van der Waals surface area contributed by atoms with Crippen LogP contribution in [0.15, 0.2) is 27.4 Å². The summed E-state index contributed by atoms with van der Waals surface area (Å²) in [6.45, 7) is 5.72. The van der Waals surface area contributed by atoms with Gasteiger partial charge in [-0.1, -0.05) is 22.0 Å².